The van der Waals surface area contributed by atoms with Gasteiger partial charge in [0, 0.05) is 31.7 Å². The summed E-state index contributed by atoms with van der Waals surface area (Å²) in [5.74, 6) is 0.984. The molecule has 2 aromatic rings. The maximum atomic E-state index is 12.0. The third-order valence-electron chi connectivity index (χ3n) is 6.40. The highest BCUT2D eigenvalue weighted by atomic mass is 16.1. The number of nitrogens with two attached hydrogens (primary N) is 1. The number of rotatable bonds is 6. The molecule has 8 heteroatoms. The van der Waals surface area contributed by atoms with E-state index < -0.39 is 5.91 Å². The standard InChI is InChI=1S/C24H32N6O2/c1-16(31)27-20-8-5-13-30(15-20)21-14-26-22(23(25)32)24(29-21)28-19-11-9-18(10-12-19)17-6-3-2-4-7-17/h9-12,14,17,20H,2-8,13,15H2,1H3,(H2,25,32)(H,27,31)(H,28,29). The summed E-state index contributed by atoms with van der Waals surface area (Å²) in [6, 6.07) is 8.43. The van der Waals surface area contributed by atoms with Gasteiger partial charge >= 0.3 is 0 Å². The molecular formula is C24H32N6O2. The van der Waals surface area contributed by atoms with Crippen molar-refractivity contribution in [1.82, 2.24) is 15.3 Å². The Hall–Kier alpha value is -3.16. The van der Waals surface area contributed by atoms with Gasteiger partial charge in [-0.25, -0.2) is 9.97 Å². The van der Waals surface area contributed by atoms with Gasteiger partial charge in [0.05, 0.1) is 6.20 Å². The summed E-state index contributed by atoms with van der Waals surface area (Å²) in [5, 5.41) is 6.22. The molecule has 1 unspecified atom stereocenters. The molecular weight excluding hydrogens is 404 g/mol. The summed E-state index contributed by atoms with van der Waals surface area (Å²) < 4.78 is 0. The highest BCUT2D eigenvalue weighted by Crippen LogP contribution is 2.33. The van der Waals surface area contributed by atoms with Crippen molar-refractivity contribution in [2.45, 2.75) is 63.8 Å². The van der Waals surface area contributed by atoms with Crippen molar-refractivity contribution in [3.63, 3.8) is 0 Å². The number of amides is 2. The van der Waals surface area contributed by atoms with Crippen molar-refractivity contribution in [1.29, 1.82) is 0 Å². The summed E-state index contributed by atoms with van der Waals surface area (Å²) in [4.78, 5) is 34.4. The molecule has 2 fully saturated rings. The van der Waals surface area contributed by atoms with E-state index in [1.165, 1.54) is 44.6 Å². The van der Waals surface area contributed by atoms with Crippen LogP contribution in [0.3, 0.4) is 0 Å². The third kappa shape index (κ3) is 5.36. The summed E-state index contributed by atoms with van der Waals surface area (Å²) in [5.41, 5.74) is 7.87. The number of hydrogen-bond donors (Lipinski definition) is 3. The average Bonchev–Trinajstić information content (AvgIpc) is 2.80. The molecule has 2 heterocycles. The number of primary amides is 1. The first kappa shape index (κ1) is 22.0. The number of carbonyl (C=O) groups is 2. The Balaban J connectivity index is 1.52. The van der Waals surface area contributed by atoms with E-state index in [-0.39, 0.29) is 17.6 Å². The van der Waals surface area contributed by atoms with Crippen molar-refractivity contribution in [3.05, 3.63) is 41.7 Å². The molecule has 8 nitrogen and oxygen atoms in total. The lowest BCUT2D eigenvalue weighted by molar-refractivity contribution is -0.119. The van der Waals surface area contributed by atoms with E-state index >= 15 is 0 Å². The molecule has 0 spiro atoms. The molecule has 1 aliphatic carbocycles. The zero-order valence-electron chi connectivity index (χ0n) is 18.6. The fourth-order valence-electron chi connectivity index (χ4n) is 4.80. The van der Waals surface area contributed by atoms with Crippen LogP contribution in [-0.4, -0.2) is 40.9 Å². The molecule has 4 rings (SSSR count). The molecule has 1 saturated heterocycles. The molecule has 4 N–H and O–H groups in total. The van der Waals surface area contributed by atoms with Gasteiger partial charge in [0.1, 0.15) is 5.82 Å². The van der Waals surface area contributed by atoms with Crippen LogP contribution >= 0.6 is 0 Å². The van der Waals surface area contributed by atoms with E-state index in [9.17, 15) is 9.59 Å². The van der Waals surface area contributed by atoms with Gasteiger partial charge < -0.3 is 21.3 Å². The number of piperidine rings is 1. The van der Waals surface area contributed by atoms with Gasteiger partial charge in [0.2, 0.25) is 5.91 Å². The molecule has 32 heavy (non-hydrogen) atoms. The van der Waals surface area contributed by atoms with Crippen molar-refractivity contribution >= 4 is 29.1 Å². The Labute approximate surface area is 189 Å². The largest absolute Gasteiger partial charge is 0.364 e. The number of nitrogens with zero attached hydrogens (tertiary/aromatic N) is 3. The fourth-order valence-corrected chi connectivity index (χ4v) is 4.80. The number of carbonyl (C=O) groups excluding carboxylic acids is 2. The van der Waals surface area contributed by atoms with E-state index in [1.807, 2.05) is 12.1 Å². The quantitative estimate of drug-likeness (QED) is 0.639. The summed E-state index contributed by atoms with van der Waals surface area (Å²) >= 11 is 0. The van der Waals surface area contributed by atoms with E-state index in [1.54, 1.807) is 6.20 Å². The van der Waals surface area contributed by atoms with Crippen LogP contribution in [0.5, 0.6) is 0 Å². The molecule has 2 aliphatic rings. The van der Waals surface area contributed by atoms with Gasteiger partial charge in [0.15, 0.2) is 11.5 Å². The Kier molecular flexibility index (Phi) is 6.87. The minimum Gasteiger partial charge on any atom is -0.364 e. The zero-order chi connectivity index (χ0) is 22.5. The Morgan fingerprint density at radius 2 is 1.81 bits per heavy atom. The molecule has 0 bridgehead atoms. The van der Waals surface area contributed by atoms with Crippen LogP contribution in [0.25, 0.3) is 0 Å². The Morgan fingerprint density at radius 1 is 1.06 bits per heavy atom. The minimum atomic E-state index is -0.625. The number of aromatic nitrogens is 2. The molecule has 0 radical (unpaired) electrons. The predicted octanol–water partition coefficient (Wildman–Crippen LogP) is 3.47. The van der Waals surface area contributed by atoms with Crippen molar-refractivity contribution in [2.24, 2.45) is 5.73 Å². The Morgan fingerprint density at radius 3 is 2.50 bits per heavy atom. The smallest absolute Gasteiger partial charge is 0.271 e. The lowest BCUT2D eigenvalue weighted by Crippen LogP contribution is -2.47. The molecule has 1 aliphatic heterocycles. The van der Waals surface area contributed by atoms with Gasteiger partial charge in [-0.05, 0) is 49.3 Å². The minimum absolute atomic E-state index is 0.0361. The van der Waals surface area contributed by atoms with Gasteiger partial charge in [-0.1, -0.05) is 31.4 Å². The van der Waals surface area contributed by atoms with Crippen LogP contribution in [0, 0.1) is 0 Å². The van der Waals surface area contributed by atoms with Gasteiger partial charge in [-0.2, -0.15) is 0 Å². The summed E-state index contributed by atoms with van der Waals surface area (Å²) in [7, 11) is 0. The normalized spacial score (nSPS) is 19.4. The van der Waals surface area contributed by atoms with Gasteiger partial charge in [0.25, 0.3) is 5.91 Å². The SMILES string of the molecule is CC(=O)NC1CCCN(c2cnc(C(N)=O)c(Nc3ccc(C4CCCCC4)cc3)n2)C1. The van der Waals surface area contributed by atoms with Crippen LogP contribution < -0.4 is 21.3 Å². The fraction of sp³-hybridized carbons (Fsp3) is 0.500. The third-order valence-corrected chi connectivity index (χ3v) is 6.40. The first-order chi connectivity index (χ1) is 15.5. The van der Waals surface area contributed by atoms with E-state index in [0.717, 1.165) is 25.1 Å². The molecule has 1 saturated carbocycles. The van der Waals surface area contributed by atoms with E-state index in [2.05, 4.69) is 37.6 Å². The summed E-state index contributed by atoms with van der Waals surface area (Å²) in [6.07, 6.45) is 9.89. The van der Waals surface area contributed by atoms with Gasteiger partial charge in [-0.15, -0.1) is 0 Å². The van der Waals surface area contributed by atoms with Crippen LogP contribution in [-0.2, 0) is 4.79 Å². The molecule has 1 aromatic carbocycles. The van der Waals surface area contributed by atoms with E-state index in [0.29, 0.717) is 24.1 Å². The maximum absolute atomic E-state index is 12.0. The van der Waals surface area contributed by atoms with Crippen LogP contribution in [0.15, 0.2) is 30.5 Å². The topological polar surface area (TPSA) is 113 Å². The number of anilines is 3. The second-order valence-corrected chi connectivity index (χ2v) is 8.86. The Bertz CT molecular complexity index is 955. The highest BCUT2D eigenvalue weighted by molar-refractivity contribution is 5.96. The molecule has 170 valence electrons. The lowest BCUT2D eigenvalue weighted by Gasteiger charge is -2.33. The number of benzene rings is 1. The summed E-state index contributed by atoms with van der Waals surface area (Å²) in [6.45, 7) is 3.00. The first-order valence-corrected chi connectivity index (χ1v) is 11.6. The maximum Gasteiger partial charge on any atom is 0.271 e. The second-order valence-electron chi connectivity index (χ2n) is 8.86. The number of hydrogen-bond acceptors (Lipinski definition) is 6. The number of nitrogens with one attached hydrogen (secondary N) is 2. The van der Waals surface area contributed by atoms with Crippen LogP contribution in [0.4, 0.5) is 17.3 Å². The second kappa shape index (κ2) is 9.97. The monoisotopic (exact) mass is 436 g/mol. The first-order valence-electron chi connectivity index (χ1n) is 11.6. The molecule has 1 atom stereocenters. The van der Waals surface area contributed by atoms with Crippen LogP contribution in [0.1, 0.15) is 73.8 Å². The van der Waals surface area contributed by atoms with Crippen molar-refractivity contribution < 1.29 is 9.59 Å². The zero-order valence-corrected chi connectivity index (χ0v) is 18.6. The lowest BCUT2D eigenvalue weighted by atomic mass is 9.84. The van der Waals surface area contributed by atoms with E-state index in [4.69, 9.17) is 5.73 Å². The highest BCUT2D eigenvalue weighted by Gasteiger charge is 2.23. The van der Waals surface area contributed by atoms with Crippen LogP contribution in [0.2, 0.25) is 0 Å². The van der Waals surface area contributed by atoms with Crippen molar-refractivity contribution in [2.75, 3.05) is 23.3 Å². The van der Waals surface area contributed by atoms with Crippen molar-refractivity contribution in [3.8, 4) is 0 Å². The molecule has 2 amide bonds. The average molecular weight is 437 g/mol. The van der Waals surface area contributed by atoms with Gasteiger partial charge in [-0.3, -0.25) is 9.59 Å². The molecule has 1 aromatic heterocycles. The predicted molar refractivity (Wildman–Crippen MR) is 125 cm³/mol.